The molecular formula is C33H41N4O6S2+. The van der Waals surface area contributed by atoms with E-state index >= 15 is 0 Å². The van der Waals surface area contributed by atoms with Gasteiger partial charge in [0.1, 0.15) is 0 Å². The lowest BCUT2D eigenvalue weighted by Gasteiger charge is -2.20. The van der Waals surface area contributed by atoms with Crippen LogP contribution in [0.5, 0.6) is 0 Å². The number of carboxylic acids is 2. The minimum Gasteiger partial charge on any atom is -0.481 e. The lowest BCUT2D eigenvalue weighted by Crippen LogP contribution is -2.36. The van der Waals surface area contributed by atoms with E-state index in [0.29, 0.717) is 24.5 Å². The molecule has 0 saturated carbocycles. The van der Waals surface area contributed by atoms with Crippen molar-refractivity contribution in [3.63, 3.8) is 0 Å². The van der Waals surface area contributed by atoms with Crippen molar-refractivity contribution in [3.8, 4) is 0 Å². The third kappa shape index (κ3) is 6.96. The summed E-state index contributed by atoms with van der Waals surface area (Å²) < 4.78 is 0. The number of thiol groups is 2. The van der Waals surface area contributed by atoms with Gasteiger partial charge in [-0.1, -0.05) is 13.0 Å². The zero-order valence-corrected chi connectivity index (χ0v) is 27.6. The Labute approximate surface area is 272 Å². The van der Waals surface area contributed by atoms with Crippen molar-refractivity contribution < 1.29 is 29.4 Å². The number of aromatic amines is 1. The van der Waals surface area contributed by atoms with Crippen LogP contribution in [0.2, 0.25) is 0 Å². The van der Waals surface area contributed by atoms with E-state index in [0.717, 1.165) is 62.0 Å². The number of carbonyl (C=O) groups excluding carboxylic acids is 2. The van der Waals surface area contributed by atoms with Crippen LogP contribution < -0.4 is 16.0 Å². The molecule has 0 radical (unpaired) electrons. The maximum Gasteiger partial charge on any atom is 0.303 e. The highest BCUT2D eigenvalue weighted by atomic mass is 32.2. The van der Waals surface area contributed by atoms with E-state index in [1.807, 2.05) is 45.9 Å². The van der Waals surface area contributed by atoms with Gasteiger partial charge in [-0.05, 0) is 97.2 Å². The van der Waals surface area contributed by atoms with Gasteiger partial charge in [-0.15, -0.1) is 0 Å². The molecule has 5 atom stereocenters. The maximum atomic E-state index is 12.7. The Kier molecular flexibility index (Phi) is 9.74. The fourth-order valence-electron chi connectivity index (χ4n) is 6.63. The molecule has 1 unspecified atom stereocenters. The van der Waals surface area contributed by atoms with Crippen molar-refractivity contribution in [1.82, 2.24) is 20.9 Å². The number of allylic oxidation sites excluding steroid dienone is 2. The fourth-order valence-corrected chi connectivity index (χ4v) is 7.61. The zero-order chi connectivity index (χ0) is 32.6. The van der Waals surface area contributed by atoms with Crippen molar-refractivity contribution in [2.45, 2.75) is 77.1 Å². The van der Waals surface area contributed by atoms with E-state index in [4.69, 9.17) is 0 Å². The summed E-state index contributed by atoms with van der Waals surface area (Å²) in [7, 11) is 0. The lowest BCUT2D eigenvalue weighted by molar-refractivity contribution is -0.138. The van der Waals surface area contributed by atoms with Gasteiger partial charge in [-0.2, -0.15) is 12.6 Å². The van der Waals surface area contributed by atoms with Crippen molar-refractivity contribution in [1.29, 1.82) is 0 Å². The highest BCUT2D eigenvalue weighted by Gasteiger charge is 2.47. The maximum absolute atomic E-state index is 12.7. The van der Waals surface area contributed by atoms with Crippen LogP contribution in [0.1, 0.15) is 69.0 Å². The number of hydrogen-bond acceptors (Lipinski definition) is 6. The zero-order valence-electron chi connectivity index (χ0n) is 25.9. The van der Waals surface area contributed by atoms with Crippen molar-refractivity contribution in [3.05, 3.63) is 67.7 Å². The van der Waals surface area contributed by atoms with E-state index in [1.165, 1.54) is 11.8 Å². The third-order valence-electron chi connectivity index (χ3n) is 9.41. The minimum absolute atomic E-state index is 0.0144. The van der Waals surface area contributed by atoms with Gasteiger partial charge >= 0.3 is 11.9 Å². The smallest absolute Gasteiger partial charge is 0.303 e. The average molecular weight is 654 g/mol. The van der Waals surface area contributed by atoms with Gasteiger partial charge in [-0.25, -0.2) is 0 Å². The molecule has 1 aromatic heterocycles. The standard InChI is InChI=1S/C33H40N4O6S2/c1-15-19(5-7-29(38)39)25(34-22(15)11-24-18(4)31(28-14-45-28)33(43)36-24)13-26-20(6-8-30(40)41)16(2)23(35-26)12-27-21(9-10-44)17(3)32(42)37-27/h9-10,12-13,17,21-22,24,28,34-35,44H,5-8,11,14H2,1-4H3,(H,36,43)(H,37,42)(H,38,39)(H,40,41)/p+1/b10-9-,25-13-,27-12-/t17-,21-,22?,24-,28-/m1/s1. The average Bonchev–Trinajstić information content (AvgIpc) is 3.56. The molecule has 1 aromatic rings. The summed E-state index contributed by atoms with van der Waals surface area (Å²) in [6.07, 6.45) is 6.87. The highest BCUT2D eigenvalue weighted by Crippen LogP contribution is 2.37. The van der Waals surface area contributed by atoms with Crippen LogP contribution in [-0.2, 0) is 37.4 Å². The molecule has 4 aliphatic rings. The third-order valence-corrected chi connectivity index (χ3v) is 10.6. The predicted octanol–water partition coefficient (Wildman–Crippen LogP) is 3.40. The second-order valence-corrected chi connectivity index (χ2v) is 13.9. The van der Waals surface area contributed by atoms with Crippen molar-refractivity contribution in [2.24, 2.45) is 11.8 Å². The number of rotatable bonds is 12. The summed E-state index contributed by atoms with van der Waals surface area (Å²) >= 11 is 5.50. The number of nitrogens with one attached hydrogen (secondary N) is 4. The van der Waals surface area contributed by atoms with Crippen LogP contribution in [0.4, 0.5) is 0 Å². The Hall–Kier alpha value is -3.64. The molecule has 5 rings (SSSR count). The van der Waals surface area contributed by atoms with Crippen molar-refractivity contribution >= 4 is 60.3 Å². The first-order chi connectivity index (χ1) is 21.4. The summed E-state index contributed by atoms with van der Waals surface area (Å²) in [6, 6.07) is -0.211. The monoisotopic (exact) mass is 653 g/mol. The largest absolute Gasteiger partial charge is 0.481 e. The molecule has 12 heteroatoms. The number of aromatic nitrogens is 1. The first-order valence-electron chi connectivity index (χ1n) is 15.2. The Morgan fingerprint density at radius 2 is 1.64 bits per heavy atom. The van der Waals surface area contributed by atoms with E-state index in [2.05, 4.69) is 33.6 Å². The van der Waals surface area contributed by atoms with Crippen LogP contribution in [0.25, 0.3) is 12.2 Å². The van der Waals surface area contributed by atoms with Gasteiger partial charge in [0.2, 0.25) is 5.91 Å². The molecule has 5 heterocycles. The van der Waals surface area contributed by atoms with Crippen LogP contribution >= 0.6 is 12.6 Å². The number of hydrogen-bond donors (Lipinski definition) is 7. The highest BCUT2D eigenvalue weighted by molar-refractivity contribution is 7.87. The fraction of sp³-hybridized carbons (Fsp3) is 0.455. The van der Waals surface area contributed by atoms with Gasteiger partial charge in [0.25, 0.3) is 5.91 Å². The second kappa shape index (κ2) is 13.4. The summed E-state index contributed by atoms with van der Waals surface area (Å²) in [4.78, 5) is 51.8. The lowest BCUT2D eigenvalue weighted by atomic mass is 9.94. The first kappa shape index (κ1) is 32.7. The number of H-pyrrole nitrogens is 1. The van der Waals surface area contributed by atoms with Gasteiger partial charge in [0, 0.05) is 53.5 Å². The van der Waals surface area contributed by atoms with Crippen LogP contribution in [0.15, 0.2) is 45.2 Å². The molecule has 0 spiro atoms. The predicted molar refractivity (Wildman–Crippen MR) is 180 cm³/mol. The Balaban J connectivity index is 1.50. The van der Waals surface area contributed by atoms with E-state index in [9.17, 15) is 29.4 Å². The Morgan fingerprint density at radius 3 is 2.29 bits per heavy atom. The molecule has 0 bridgehead atoms. The van der Waals surface area contributed by atoms with Crippen molar-refractivity contribution in [2.75, 3.05) is 5.75 Å². The molecule has 240 valence electrons. The molecule has 45 heavy (non-hydrogen) atoms. The van der Waals surface area contributed by atoms with Crippen LogP contribution in [0, 0.1) is 18.8 Å². The molecule has 2 amide bonds. The molecule has 10 nitrogen and oxygen atoms in total. The van der Waals surface area contributed by atoms with Gasteiger partial charge in [0.15, 0.2) is 11.0 Å². The van der Waals surface area contributed by atoms with Gasteiger partial charge in [-0.3, -0.25) is 19.2 Å². The Bertz CT molecular complexity index is 1600. The molecule has 0 aromatic carbocycles. The molecular weight excluding hydrogens is 613 g/mol. The summed E-state index contributed by atoms with van der Waals surface area (Å²) in [5.41, 5.74) is 8.64. The molecule has 6 N–H and O–H groups in total. The number of carbonyl (C=O) groups is 4. The van der Waals surface area contributed by atoms with Crippen LogP contribution in [0.3, 0.4) is 0 Å². The minimum atomic E-state index is -0.908. The molecule has 4 aliphatic heterocycles. The number of carboxylic acid groups (broad SMARTS) is 2. The SMILES string of the molecule is CC1=C(CCC(=O)O)/C(=C/c2[nH]c(/C=C3\NC(=O)[C@H](C)[C@H]3/C=C\S)c(C)c2CCC(=O)O)NC1C[C@H]1NC(=O)C([C@H]2C[SH+]2)=C1C. The topological polar surface area (TPSA) is 161 Å². The summed E-state index contributed by atoms with van der Waals surface area (Å²) in [5, 5.41) is 30.7. The molecule has 0 aliphatic carbocycles. The second-order valence-electron chi connectivity index (χ2n) is 12.2. The quantitative estimate of drug-likeness (QED) is 0.103. The summed E-state index contributed by atoms with van der Waals surface area (Å²) in [5.74, 6) is -1.26. The first-order valence-corrected chi connectivity index (χ1v) is 16.9. The van der Waals surface area contributed by atoms with E-state index in [-0.39, 0.29) is 48.6 Å². The number of aliphatic carboxylic acids is 2. The molecule has 2 fully saturated rings. The number of amides is 2. The van der Waals surface area contributed by atoms with E-state index in [1.54, 1.807) is 5.41 Å². The summed E-state index contributed by atoms with van der Waals surface area (Å²) in [6.45, 7) is 7.82. The van der Waals surface area contributed by atoms with Gasteiger partial charge in [0.05, 0.1) is 11.6 Å². The van der Waals surface area contributed by atoms with Gasteiger partial charge < -0.3 is 31.1 Å². The normalized spacial score (nSPS) is 28.1. The van der Waals surface area contributed by atoms with Crippen LogP contribution in [-0.4, -0.2) is 62.0 Å². The van der Waals surface area contributed by atoms with E-state index < -0.39 is 11.9 Å². The Morgan fingerprint density at radius 1 is 0.978 bits per heavy atom. The molecule has 2 saturated heterocycles.